The first-order valence-corrected chi connectivity index (χ1v) is 8.33. The van der Waals surface area contributed by atoms with Crippen LogP contribution in [0.25, 0.3) is 16.5 Å². The number of carbonyl (C=O) groups is 1. The fourth-order valence-electron chi connectivity index (χ4n) is 2.99. The van der Waals surface area contributed by atoms with Crippen molar-refractivity contribution >= 4 is 22.4 Å². The molecule has 29 heavy (non-hydrogen) atoms. The molecule has 0 saturated carbocycles. The Balaban J connectivity index is 1.88. The minimum Gasteiger partial charge on any atom is -0.329 e. The second-order valence-corrected chi connectivity index (χ2v) is 6.05. The lowest BCUT2D eigenvalue weighted by Crippen LogP contribution is -2.21. The number of amides is 1. The SMILES string of the molecule is O=C(Nc1ccncc1)c1cnn(-c2cccc3c(=O)[nH]ccc23)c1C(F)(F)F. The monoisotopic (exact) mass is 399 g/mol. The molecular formula is C19H12F3N5O2. The van der Waals surface area contributed by atoms with Gasteiger partial charge in [-0.1, -0.05) is 6.07 Å². The number of rotatable bonds is 3. The van der Waals surface area contributed by atoms with Gasteiger partial charge in [-0.05, 0) is 30.3 Å². The minimum absolute atomic E-state index is 0.0314. The molecule has 7 nitrogen and oxygen atoms in total. The second kappa shape index (κ2) is 6.89. The predicted molar refractivity (Wildman–Crippen MR) is 98.9 cm³/mol. The number of hydrogen-bond acceptors (Lipinski definition) is 4. The molecule has 146 valence electrons. The number of hydrogen-bond donors (Lipinski definition) is 2. The van der Waals surface area contributed by atoms with Gasteiger partial charge >= 0.3 is 6.18 Å². The van der Waals surface area contributed by atoms with Gasteiger partial charge < -0.3 is 10.3 Å². The molecule has 0 radical (unpaired) electrons. The molecule has 0 bridgehead atoms. The summed E-state index contributed by atoms with van der Waals surface area (Å²) in [4.78, 5) is 30.7. The van der Waals surface area contributed by atoms with Gasteiger partial charge in [-0.15, -0.1) is 0 Å². The summed E-state index contributed by atoms with van der Waals surface area (Å²) in [7, 11) is 0. The molecule has 0 unspecified atom stereocenters. The maximum Gasteiger partial charge on any atom is 0.434 e. The third-order valence-corrected chi connectivity index (χ3v) is 4.24. The van der Waals surface area contributed by atoms with Gasteiger partial charge in [0.25, 0.3) is 11.5 Å². The van der Waals surface area contributed by atoms with Crippen LogP contribution >= 0.6 is 0 Å². The smallest absolute Gasteiger partial charge is 0.329 e. The largest absolute Gasteiger partial charge is 0.434 e. The molecule has 0 aliphatic rings. The van der Waals surface area contributed by atoms with Crippen molar-refractivity contribution in [3.05, 3.63) is 82.8 Å². The number of anilines is 1. The Morgan fingerprint density at radius 1 is 1.07 bits per heavy atom. The molecule has 2 N–H and O–H groups in total. The highest BCUT2D eigenvalue weighted by Gasteiger charge is 2.40. The van der Waals surface area contributed by atoms with E-state index < -0.39 is 28.9 Å². The molecule has 0 aliphatic carbocycles. The summed E-state index contributed by atoms with van der Waals surface area (Å²) in [6, 6.07) is 8.72. The van der Waals surface area contributed by atoms with Gasteiger partial charge in [-0.25, -0.2) is 4.68 Å². The summed E-state index contributed by atoms with van der Waals surface area (Å²) < 4.78 is 42.3. The van der Waals surface area contributed by atoms with Crippen LogP contribution in [0.4, 0.5) is 18.9 Å². The zero-order valence-electron chi connectivity index (χ0n) is 14.6. The van der Waals surface area contributed by atoms with Gasteiger partial charge in [0.2, 0.25) is 0 Å². The number of H-pyrrole nitrogens is 1. The maximum absolute atomic E-state index is 13.9. The molecule has 4 aromatic rings. The minimum atomic E-state index is -4.87. The van der Waals surface area contributed by atoms with Crippen LogP contribution in [0.3, 0.4) is 0 Å². The lowest BCUT2D eigenvalue weighted by molar-refractivity contribution is -0.143. The molecule has 10 heteroatoms. The third kappa shape index (κ3) is 3.35. The number of aromatic nitrogens is 4. The maximum atomic E-state index is 13.9. The van der Waals surface area contributed by atoms with Crippen LogP contribution in [0, 0.1) is 0 Å². The Hall–Kier alpha value is -3.95. The van der Waals surface area contributed by atoms with E-state index in [1.807, 2.05) is 0 Å². The van der Waals surface area contributed by atoms with Crippen LogP contribution in [-0.2, 0) is 6.18 Å². The van der Waals surface area contributed by atoms with E-state index in [1.165, 1.54) is 55.0 Å². The van der Waals surface area contributed by atoms with Crippen molar-refractivity contribution in [2.24, 2.45) is 0 Å². The summed E-state index contributed by atoms with van der Waals surface area (Å²) in [5, 5.41) is 6.68. The molecule has 4 rings (SSSR count). The fourth-order valence-corrected chi connectivity index (χ4v) is 2.99. The second-order valence-electron chi connectivity index (χ2n) is 6.05. The number of fused-ring (bicyclic) bond motifs is 1. The fraction of sp³-hybridized carbons (Fsp3) is 0.0526. The Bertz CT molecular complexity index is 1260. The molecule has 3 aromatic heterocycles. The molecule has 3 heterocycles. The number of benzene rings is 1. The number of carbonyl (C=O) groups excluding carboxylic acids is 1. The first kappa shape index (κ1) is 18.4. The van der Waals surface area contributed by atoms with E-state index in [1.54, 1.807) is 0 Å². The molecule has 0 aliphatic heterocycles. The lowest BCUT2D eigenvalue weighted by Gasteiger charge is -2.14. The number of nitrogens with one attached hydrogen (secondary N) is 2. The van der Waals surface area contributed by atoms with E-state index in [9.17, 15) is 22.8 Å². The van der Waals surface area contributed by atoms with Crippen molar-refractivity contribution in [1.29, 1.82) is 0 Å². The molecule has 0 saturated heterocycles. The average Bonchev–Trinajstić information content (AvgIpc) is 3.14. The number of aromatic amines is 1. The van der Waals surface area contributed by atoms with Crippen molar-refractivity contribution in [3.63, 3.8) is 0 Å². The normalized spacial score (nSPS) is 11.6. The summed E-state index contributed by atoms with van der Waals surface area (Å²) in [6.45, 7) is 0. The van der Waals surface area contributed by atoms with Gasteiger partial charge in [0.15, 0.2) is 5.69 Å². The van der Waals surface area contributed by atoms with Crippen LogP contribution in [0.2, 0.25) is 0 Å². The molecule has 0 atom stereocenters. The van der Waals surface area contributed by atoms with E-state index in [-0.39, 0.29) is 16.5 Å². The predicted octanol–water partition coefficient (Wildman–Crippen LogP) is 3.38. The highest BCUT2D eigenvalue weighted by molar-refractivity contribution is 6.05. The third-order valence-electron chi connectivity index (χ3n) is 4.24. The van der Waals surface area contributed by atoms with Crippen LogP contribution in [0.1, 0.15) is 16.1 Å². The van der Waals surface area contributed by atoms with E-state index in [0.29, 0.717) is 10.4 Å². The summed E-state index contributed by atoms with van der Waals surface area (Å²) in [6.07, 6.45) is 0.118. The molecular weight excluding hydrogens is 387 g/mol. The molecule has 0 fully saturated rings. The highest BCUT2D eigenvalue weighted by Crippen LogP contribution is 2.35. The Kier molecular flexibility index (Phi) is 4.38. The zero-order valence-corrected chi connectivity index (χ0v) is 14.6. The summed E-state index contributed by atoms with van der Waals surface area (Å²) in [5.41, 5.74) is -2.00. The van der Waals surface area contributed by atoms with Crippen LogP contribution in [-0.4, -0.2) is 25.7 Å². The first-order valence-electron chi connectivity index (χ1n) is 8.33. The van der Waals surface area contributed by atoms with Gasteiger partial charge in [0.05, 0.1) is 17.4 Å². The summed E-state index contributed by atoms with van der Waals surface area (Å²) in [5.74, 6) is -0.965. The van der Waals surface area contributed by atoms with Crippen LogP contribution in [0.15, 0.2) is 66.0 Å². The Morgan fingerprint density at radius 3 is 2.55 bits per heavy atom. The van der Waals surface area contributed by atoms with Crippen molar-refractivity contribution in [3.8, 4) is 5.69 Å². The first-order chi connectivity index (χ1) is 13.9. The average molecular weight is 399 g/mol. The quantitative estimate of drug-likeness (QED) is 0.552. The van der Waals surface area contributed by atoms with Gasteiger partial charge in [0, 0.05) is 35.1 Å². The lowest BCUT2D eigenvalue weighted by atomic mass is 10.1. The van der Waals surface area contributed by atoms with Crippen molar-refractivity contribution in [1.82, 2.24) is 19.7 Å². The highest BCUT2D eigenvalue weighted by atomic mass is 19.4. The standard InChI is InChI=1S/C19H12F3N5O2/c20-19(21,22)16-14(18(29)26-11-4-7-23-8-5-11)10-25-27(16)15-3-1-2-13-12(15)6-9-24-17(13)28/h1-10H,(H,24,28)(H,23,26,29). The van der Waals surface area contributed by atoms with Crippen molar-refractivity contribution in [2.75, 3.05) is 5.32 Å². The summed E-state index contributed by atoms with van der Waals surface area (Å²) >= 11 is 0. The topological polar surface area (TPSA) is 92.7 Å². The molecule has 0 spiro atoms. The van der Waals surface area contributed by atoms with Crippen LogP contribution in [0.5, 0.6) is 0 Å². The Morgan fingerprint density at radius 2 is 1.83 bits per heavy atom. The van der Waals surface area contributed by atoms with E-state index in [0.717, 1.165) is 6.20 Å². The number of halogens is 3. The zero-order chi connectivity index (χ0) is 20.6. The van der Waals surface area contributed by atoms with Gasteiger partial charge in [-0.3, -0.25) is 14.6 Å². The van der Waals surface area contributed by atoms with E-state index in [2.05, 4.69) is 20.4 Å². The van der Waals surface area contributed by atoms with E-state index in [4.69, 9.17) is 0 Å². The number of pyridine rings is 2. The Labute approximate surface area is 160 Å². The molecule has 1 amide bonds. The van der Waals surface area contributed by atoms with Gasteiger partial charge in [-0.2, -0.15) is 18.3 Å². The number of nitrogens with zero attached hydrogens (tertiary/aromatic N) is 3. The number of alkyl halides is 3. The molecule has 1 aromatic carbocycles. The van der Waals surface area contributed by atoms with Crippen molar-refractivity contribution < 1.29 is 18.0 Å². The van der Waals surface area contributed by atoms with Crippen LogP contribution < -0.4 is 10.9 Å². The van der Waals surface area contributed by atoms with Crippen molar-refractivity contribution in [2.45, 2.75) is 6.18 Å². The van der Waals surface area contributed by atoms with E-state index >= 15 is 0 Å². The van der Waals surface area contributed by atoms with Gasteiger partial charge in [0.1, 0.15) is 0 Å².